The topological polar surface area (TPSA) is 62.5 Å². The van der Waals surface area contributed by atoms with Crippen molar-refractivity contribution in [2.75, 3.05) is 13.1 Å². The van der Waals surface area contributed by atoms with E-state index in [1.54, 1.807) is 0 Å². The smallest absolute Gasteiger partial charge is 0.220 e. The summed E-state index contributed by atoms with van der Waals surface area (Å²) in [5.74, 6) is 0.503. The van der Waals surface area contributed by atoms with Gasteiger partial charge in [-0.1, -0.05) is 30.3 Å². The van der Waals surface area contributed by atoms with E-state index < -0.39 is 0 Å². The van der Waals surface area contributed by atoms with Gasteiger partial charge in [0, 0.05) is 48.4 Å². The molecule has 170 valence electrons. The van der Waals surface area contributed by atoms with Gasteiger partial charge in [0.05, 0.1) is 5.69 Å². The average Bonchev–Trinajstić information content (AvgIpc) is 3.34. The summed E-state index contributed by atoms with van der Waals surface area (Å²) >= 11 is 0. The Morgan fingerprint density at radius 3 is 2.66 bits per heavy atom. The zero-order valence-corrected chi connectivity index (χ0v) is 20.0. The van der Waals surface area contributed by atoms with Gasteiger partial charge in [-0.25, -0.2) is 9.50 Å². The Morgan fingerprint density at radius 2 is 1.94 bits per heavy atom. The Labute approximate surface area is 191 Å². The predicted molar refractivity (Wildman–Crippen MR) is 128 cm³/mol. The molecule has 4 rings (SSSR count). The summed E-state index contributed by atoms with van der Waals surface area (Å²) in [6.07, 6.45) is 2.25. The molecule has 1 aromatic carbocycles. The molecule has 1 saturated heterocycles. The van der Waals surface area contributed by atoms with Crippen LogP contribution in [0, 0.1) is 13.8 Å². The van der Waals surface area contributed by atoms with Crippen molar-refractivity contribution in [1.29, 1.82) is 0 Å². The predicted octanol–water partition coefficient (Wildman–Crippen LogP) is 4.18. The van der Waals surface area contributed by atoms with E-state index in [0.29, 0.717) is 18.8 Å². The molecule has 6 heteroatoms. The van der Waals surface area contributed by atoms with E-state index in [1.807, 2.05) is 32.2 Å². The van der Waals surface area contributed by atoms with Gasteiger partial charge in [-0.05, 0) is 65.1 Å². The van der Waals surface area contributed by atoms with Crippen molar-refractivity contribution in [2.24, 2.45) is 0 Å². The van der Waals surface area contributed by atoms with Crippen molar-refractivity contribution in [3.05, 3.63) is 64.6 Å². The molecule has 1 aliphatic rings. The van der Waals surface area contributed by atoms with Crippen LogP contribution in [0.5, 0.6) is 0 Å². The first kappa shape index (κ1) is 22.5. The van der Waals surface area contributed by atoms with Crippen molar-refractivity contribution in [3.8, 4) is 0 Å². The Kier molecular flexibility index (Phi) is 6.33. The molecule has 1 fully saturated rings. The fraction of sp³-hybridized carbons (Fsp3) is 0.500. The number of fused-ring (bicyclic) bond motifs is 1. The highest BCUT2D eigenvalue weighted by atomic mass is 16.1. The lowest BCUT2D eigenvalue weighted by Crippen LogP contribution is -2.40. The zero-order valence-electron chi connectivity index (χ0n) is 20.0. The summed E-state index contributed by atoms with van der Waals surface area (Å²) in [6.45, 7) is 13.2. The molecular formula is C26H35N5O. The van der Waals surface area contributed by atoms with Gasteiger partial charge in [0.15, 0.2) is 5.65 Å². The van der Waals surface area contributed by atoms with E-state index >= 15 is 0 Å². The third-order valence-electron chi connectivity index (χ3n) is 6.24. The lowest BCUT2D eigenvalue weighted by molar-refractivity contribution is -0.122. The molecule has 0 radical (unpaired) electrons. The van der Waals surface area contributed by atoms with Crippen LogP contribution in [-0.2, 0) is 17.8 Å². The summed E-state index contributed by atoms with van der Waals surface area (Å²) in [5, 5.41) is 7.99. The van der Waals surface area contributed by atoms with Crippen molar-refractivity contribution in [3.63, 3.8) is 0 Å². The molecule has 6 nitrogen and oxygen atoms in total. The molecule has 1 atom stereocenters. The molecule has 1 aliphatic heterocycles. The van der Waals surface area contributed by atoms with Gasteiger partial charge in [-0.3, -0.25) is 9.69 Å². The molecule has 0 bridgehead atoms. The third-order valence-corrected chi connectivity index (χ3v) is 6.24. The summed E-state index contributed by atoms with van der Waals surface area (Å²) in [5.41, 5.74) is 6.36. The highest BCUT2D eigenvalue weighted by Gasteiger charge is 2.27. The second-order valence-electron chi connectivity index (χ2n) is 10.1. The summed E-state index contributed by atoms with van der Waals surface area (Å²) in [7, 11) is 0. The van der Waals surface area contributed by atoms with E-state index in [2.05, 4.69) is 53.5 Å². The number of aromatic nitrogens is 3. The molecule has 0 aliphatic carbocycles. The van der Waals surface area contributed by atoms with E-state index in [1.165, 1.54) is 5.56 Å². The number of carbonyl (C=O) groups excluding carboxylic acids is 1. The number of nitrogens with zero attached hydrogens (tertiary/aromatic N) is 4. The van der Waals surface area contributed by atoms with Gasteiger partial charge in [0.25, 0.3) is 0 Å². The standard InChI is InChI=1S/C26H35N5O/c1-18-22(11-12-25(32)28-26(3,4)5)19(2)31-24(27-18)15-23(29-31)21-13-14-30(17-21)16-20-9-7-6-8-10-20/h6-10,15,21H,11-14,16-17H2,1-5H3,(H,28,32)/t21-/m0/s1. The number of amides is 1. The molecule has 1 N–H and O–H groups in total. The van der Waals surface area contributed by atoms with Crippen LogP contribution in [0.2, 0.25) is 0 Å². The SMILES string of the molecule is Cc1nc2cc([C@H]3CCN(Cc4ccccc4)C3)nn2c(C)c1CCC(=O)NC(C)(C)C. The van der Waals surface area contributed by atoms with Crippen LogP contribution in [0.15, 0.2) is 36.4 Å². The van der Waals surface area contributed by atoms with Crippen LogP contribution in [0.3, 0.4) is 0 Å². The van der Waals surface area contributed by atoms with Gasteiger partial charge in [0.2, 0.25) is 5.91 Å². The molecule has 32 heavy (non-hydrogen) atoms. The maximum absolute atomic E-state index is 12.3. The third kappa shape index (κ3) is 5.18. The molecule has 0 unspecified atom stereocenters. The van der Waals surface area contributed by atoms with Crippen LogP contribution in [0.4, 0.5) is 0 Å². The fourth-order valence-electron chi connectivity index (χ4n) is 4.68. The molecule has 2 aromatic heterocycles. The molecule has 0 spiro atoms. The Bertz CT molecular complexity index is 1100. The van der Waals surface area contributed by atoms with Crippen LogP contribution in [-0.4, -0.2) is 44.0 Å². The summed E-state index contributed by atoms with van der Waals surface area (Å²) in [4.78, 5) is 19.6. The minimum Gasteiger partial charge on any atom is -0.351 e. The number of rotatable bonds is 6. The first-order valence-electron chi connectivity index (χ1n) is 11.6. The minimum atomic E-state index is -0.212. The maximum Gasteiger partial charge on any atom is 0.220 e. The summed E-state index contributed by atoms with van der Waals surface area (Å²) < 4.78 is 1.97. The van der Waals surface area contributed by atoms with Crippen molar-refractivity contribution in [1.82, 2.24) is 24.8 Å². The second-order valence-corrected chi connectivity index (χ2v) is 10.1. The number of benzene rings is 1. The fourth-order valence-corrected chi connectivity index (χ4v) is 4.68. The summed E-state index contributed by atoms with van der Waals surface area (Å²) in [6, 6.07) is 12.8. The largest absolute Gasteiger partial charge is 0.351 e. The Morgan fingerprint density at radius 1 is 1.19 bits per heavy atom. The minimum absolute atomic E-state index is 0.0713. The van der Waals surface area contributed by atoms with Crippen molar-refractivity contribution < 1.29 is 4.79 Å². The Balaban J connectivity index is 1.47. The monoisotopic (exact) mass is 433 g/mol. The number of carbonyl (C=O) groups is 1. The Hall–Kier alpha value is -2.73. The molecular weight excluding hydrogens is 398 g/mol. The highest BCUT2D eigenvalue weighted by Crippen LogP contribution is 2.29. The average molecular weight is 434 g/mol. The van der Waals surface area contributed by atoms with E-state index in [9.17, 15) is 4.79 Å². The molecule has 1 amide bonds. The van der Waals surface area contributed by atoms with Gasteiger partial charge in [-0.2, -0.15) is 5.10 Å². The highest BCUT2D eigenvalue weighted by molar-refractivity contribution is 5.77. The normalized spacial score (nSPS) is 17.2. The van der Waals surface area contributed by atoms with Crippen LogP contribution >= 0.6 is 0 Å². The number of nitrogens with one attached hydrogen (secondary N) is 1. The van der Waals surface area contributed by atoms with Crippen LogP contribution < -0.4 is 5.32 Å². The lowest BCUT2D eigenvalue weighted by Gasteiger charge is -2.20. The van der Waals surface area contributed by atoms with Crippen LogP contribution in [0.25, 0.3) is 5.65 Å². The van der Waals surface area contributed by atoms with Gasteiger partial charge in [-0.15, -0.1) is 0 Å². The lowest BCUT2D eigenvalue weighted by atomic mass is 10.0. The van der Waals surface area contributed by atoms with E-state index in [0.717, 1.165) is 54.3 Å². The van der Waals surface area contributed by atoms with E-state index in [4.69, 9.17) is 10.1 Å². The molecule has 3 heterocycles. The van der Waals surface area contributed by atoms with Gasteiger partial charge in [0.1, 0.15) is 0 Å². The number of likely N-dealkylation sites (tertiary alicyclic amines) is 1. The van der Waals surface area contributed by atoms with Gasteiger partial charge >= 0.3 is 0 Å². The first-order chi connectivity index (χ1) is 15.2. The first-order valence-corrected chi connectivity index (χ1v) is 11.6. The number of hydrogen-bond acceptors (Lipinski definition) is 4. The van der Waals surface area contributed by atoms with Crippen molar-refractivity contribution in [2.45, 2.75) is 71.9 Å². The van der Waals surface area contributed by atoms with Crippen molar-refractivity contribution >= 4 is 11.6 Å². The zero-order chi connectivity index (χ0) is 22.9. The van der Waals surface area contributed by atoms with E-state index in [-0.39, 0.29) is 11.4 Å². The van der Waals surface area contributed by atoms with Gasteiger partial charge < -0.3 is 5.32 Å². The molecule has 3 aromatic rings. The quantitative estimate of drug-likeness (QED) is 0.633. The second kappa shape index (κ2) is 9.02. The number of hydrogen-bond donors (Lipinski definition) is 1. The molecule has 0 saturated carbocycles. The number of aryl methyl sites for hydroxylation is 2. The van der Waals surface area contributed by atoms with Crippen LogP contribution in [0.1, 0.15) is 67.7 Å². The maximum atomic E-state index is 12.3.